The van der Waals surface area contributed by atoms with E-state index in [0.717, 1.165) is 12.1 Å². The minimum Gasteiger partial charge on any atom is -0.663 e. The quantitative estimate of drug-likeness (QED) is 0.307. The summed E-state index contributed by atoms with van der Waals surface area (Å²) in [5, 5.41) is 4.31. The van der Waals surface area contributed by atoms with Crippen LogP contribution >= 0.6 is 0 Å². The summed E-state index contributed by atoms with van der Waals surface area (Å²) in [7, 11) is 0. The van der Waals surface area contributed by atoms with Gasteiger partial charge < -0.3 is 18.8 Å². The summed E-state index contributed by atoms with van der Waals surface area (Å²) >= 11 is 0. The van der Waals surface area contributed by atoms with Crippen LogP contribution in [0, 0.1) is 24.8 Å². The molecule has 0 fully saturated rings. The second-order valence-corrected chi connectivity index (χ2v) is 4.47. The van der Waals surface area contributed by atoms with Crippen molar-refractivity contribution >= 4 is 0 Å². The first kappa shape index (κ1) is 25.4. The predicted octanol–water partition coefficient (Wildman–Crippen LogP) is -5.75. The molecule has 0 aromatic heterocycles. The van der Waals surface area contributed by atoms with Gasteiger partial charge in [-0.1, -0.05) is 33.1 Å². The van der Waals surface area contributed by atoms with E-state index in [-0.39, 0.29) is 62.0 Å². The Morgan fingerprint density at radius 3 is 1.93 bits per heavy atom. The van der Waals surface area contributed by atoms with Crippen LogP contribution in [0.2, 0.25) is 0 Å². The van der Waals surface area contributed by atoms with Crippen LogP contribution in [-0.2, 0) is 0 Å². The van der Waals surface area contributed by atoms with Crippen LogP contribution in [-0.4, -0.2) is 13.1 Å². The zero-order chi connectivity index (χ0) is 9.78. The smallest absolute Gasteiger partial charge is 0.663 e. The molecule has 72 valence electrons. The van der Waals surface area contributed by atoms with E-state index in [1.165, 1.54) is 0 Å². The van der Waals surface area contributed by atoms with Crippen LogP contribution in [0.4, 0.5) is 0 Å². The second-order valence-electron chi connectivity index (χ2n) is 4.47. The molecule has 1 unspecified atom stereocenters. The van der Waals surface area contributed by atoms with E-state index < -0.39 is 0 Å². The third-order valence-electron chi connectivity index (χ3n) is 1.94. The fourth-order valence-corrected chi connectivity index (χ4v) is 0.671. The van der Waals surface area contributed by atoms with Gasteiger partial charge in [0.1, 0.15) is 0 Å². The van der Waals surface area contributed by atoms with E-state index in [1.54, 1.807) is 0 Å². The number of hydrogen-bond donors (Lipinski definition) is 0. The minimum atomic E-state index is 0. The topological polar surface area (TPSA) is 14.1 Å². The van der Waals surface area contributed by atoms with Crippen molar-refractivity contribution in [3.63, 3.8) is 0 Å². The Morgan fingerprint density at radius 1 is 1.27 bits per heavy atom. The maximum Gasteiger partial charge on any atom is 1.00 e. The molecule has 15 heavy (non-hydrogen) atoms. The molecule has 0 aromatic rings. The summed E-state index contributed by atoms with van der Waals surface area (Å²) in [6.07, 6.45) is 0. The molecule has 0 saturated carbocycles. The van der Waals surface area contributed by atoms with Gasteiger partial charge in [0.25, 0.3) is 0 Å². The summed E-state index contributed by atoms with van der Waals surface area (Å²) < 4.78 is 0. The molecule has 0 heterocycles. The first-order chi connectivity index (χ1) is 5.34. The Hall–Kier alpha value is 1.49. The van der Waals surface area contributed by atoms with E-state index in [4.69, 9.17) is 6.58 Å². The number of rotatable bonds is 4. The van der Waals surface area contributed by atoms with Gasteiger partial charge >= 0.3 is 56.6 Å². The molecule has 0 amide bonds. The van der Waals surface area contributed by atoms with Crippen molar-refractivity contribution < 1.29 is 56.6 Å². The van der Waals surface area contributed by atoms with E-state index in [2.05, 4.69) is 33.0 Å². The van der Waals surface area contributed by atoms with Gasteiger partial charge in [-0.2, -0.15) is 19.0 Å². The van der Waals surface area contributed by atoms with Gasteiger partial charge in [0, 0.05) is 0 Å². The molecule has 0 bridgehead atoms. The molecule has 0 rings (SSSR count). The third kappa shape index (κ3) is 15.5. The van der Waals surface area contributed by atoms with Gasteiger partial charge in [0.05, 0.1) is 0 Å². The monoisotopic (exact) mass is 187 g/mol. The second kappa shape index (κ2) is 12.0. The van der Waals surface area contributed by atoms with Crippen LogP contribution in [0.15, 0.2) is 5.57 Å². The van der Waals surface area contributed by atoms with E-state index in [9.17, 15) is 0 Å². The summed E-state index contributed by atoms with van der Waals surface area (Å²) in [5.41, 5.74) is 1.11. The van der Waals surface area contributed by atoms with E-state index in [0.29, 0.717) is 12.5 Å². The van der Waals surface area contributed by atoms with Crippen molar-refractivity contribution in [1.29, 1.82) is 0 Å². The average Bonchev–Trinajstić information content (AvgIpc) is 1.84. The molecule has 0 aromatic carbocycles. The molecule has 0 N–H and O–H groups in total. The Bertz CT molecular complexity index is 152. The Balaban J connectivity index is -0.000000202. The van der Waals surface area contributed by atoms with Crippen molar-refractivity contribution in [2.24, 2.45) is 11.3 Å². The van der Waals surface area contributed by atoms with Gasteiger partial charge in [0.2, 0.25) is 0 Å². The maximum absolute atomic E-state index is 5.49. The average molecular weight is 187 g/mol. The summed E-state index contributed by atoms with van der Waals surface area (Å²) in [6.45, 7) is 19.5. The first-order valence-electron chi connectivity index (χ1n) is 4.38. The fraction of sp³-hybridized carbons (Fsp3) is 0.727. The summed E-state index contributed by atoms with van der Waals surface area (Å²) in [5.74, 6) is 0.372. The number of hydrogen-bond acceptors (Lipinski definition) is 0. The molecule has 0 saturated heterocycles. The van der Waals surface area contributed by atoms with Crippen molar-refractivity contribution in [2.45, 2.75) is 27.7 Å². The van der Waals surface area contributed by atoms with Gasteiger partial charge in [0.15, 0.2) is 0 Å². The summed E-state index contributed by atoms with van der Waals surface area (Å²) in [6, 6.07) is 0. The van der Waals surface area contributed by atoms with Gasteiger partial charge in [-0.25, -0.2) is 0 Å². The normalized spacial score (nSPS) is 11.5. The largest absolute Gasteiger partial charge is 1.00 e. The van der Waals surface area contributed by atoms with Crippen molar-refractivity contribution in [2.75, 3.05) is 13.1 Å². The fourth-order valence-electron chi connectivity index (χ4n) is 0.671. The molecular formula is C11H20Li3N. The number of nitrogens with zero attached hydrogens (tertiary/aromatic N) is 1. The SMILES string of the molecule is [CH-]=C(C)C[N-]CC([CH2-])C(C)(C)C.[Li+].[Li+].[Li+]. The molecule has 1 nitrogen and oxygen atoms in total. The molecule has 0 spiro atoms. The van der Waals surface area contributed by atoms with Crippen molar-refractivity contribution in [1.82, 2.24) is 0 Å². The molecule has 0 aliphatic rings. The Morgan fingerprint density at radius 2 is 1.67 bits per heavy atom. The molecule has 0 radical (unpaired) electrons. The van der Waals surface area contributed by atoms with Gasteiger partial charge in [-0.15, -0.1) is 0 Å². The zero-order valence-electron chi connectivity index (χ0n) is 11.7. The van der Waals surface area contributed by atoms with Crippen molar-refractivity contribution in [3.05, 3.63) is 24.4 Å². The van der Waals surface area contributed by atoms with E-state index >= 15 is 0 Å². The standard InChI is InChI=1S/C11H20N.3Li/c1-9(2)7-12-8-10(3)11(4,5)6;;;/h1,10H,3,7-8H2,2,4-6H3;;;/q-3;3*+1. The predicted molar refractivity (Wildman–Crippen MR) is 54.9 cm³/mol. The van der Waals surface area contributed by atoms with Crippen LogP contribution in [0.1, 0.15) is 27.7 Å². The molecule has 1 atom stereocenters. The molecule has 0 aliphatic heterocycles. The maximum atomic E-state index is 5.49. The van der Waals surface area contributed by atoms with Gasteiger partial charge in [-0.3, -0.25) is 5.57 Å². The molecular weight excluding hydrogens is 167 g/mol. The summed E-state index contributed by atoms with van der Waals surface area (Å²) in [4.78, 5) is 0. The van der Waals surface area contributed by atoms with Crippen LogP contribution < -0.4 is 56.6 Å². The first-order valence-corrected chi connectivity index (χ1v) is 4.38. The Kier molecular flexibility index (Phi) is 20.2. The minimum absolute atomic E-state index is 0. The van der Waals surface area contributed by atoms with Crippen LogP contribution in [0.3, 0.4) is 0 Å². The van der Waals surface area contributed by atoms with Crippen LogP contribution in [0.25, 0.3) is 5.32 Å². The zero-order valence-corrected chi connectivity index (χ0v) is 11.7. The Labute approximate surface area is 132 Å². The third-order valence-corrected chi connectivity index (χ3v) is 1.94. The molecule has 4 heteroatoms. The molecule has 0 aliphatic carbocycles. The van der Waals surface area contributed by atoms with Crippen LogP contribution in [0.5, 0.6) is 0 Å². The van der Waals surface area contributed by atoms with E-state index in [1.807, 2.05) is 6.92 Å². The van der Waals surface area contributed by atoms with Crippen molar-refractivity contribution in [3.8, 4) is 0 Å². The van der Waals surface area contributed by atoms with Gasteiger partial charge in [-0.05, 0) is 0 Å².